The number of hydrogen-bond donors (Lipinski definition) is 1. The highest BCUT2D eigenvalue weighted by molar-refractivity contribution is 7.99. The smallest absolute Gasteiger partial charge is 0.127 e. The van der Waals surface area contributed by atoms with Gasteiger partial charge >= 0.3 is 0 Å². The summed E-state index contributed by atoms with van der Waals surface area (Å²) in [6.45, 7) is 3.73. The van der Waals surface area contributed by atoms with Crippen LogP contribution in [0.5, 0.6) is 0 Å². The standard InChI is InChI=1S/C10H16N2OS/c1-3-11-9-5-4-6-10(12-9)14-8-7-13-2/h4-6H,3,7-8H2,1-2H3,(H,11,12). The third-order valence-electron chi connectivity index (χ3n) is 1.62. The van der Waals surface area contributed by atoms with Crippen LogP contribution in [0.1, 0.15) is 6.92 Å². The summed E-state index contributed by atoms with van der Waals surface area (Å²) in [4.78, 5) is 4.43. The van der Waals surface area contributed by atoms with Crippen LogP contribution in [0.2, 0.25) is 0 Å². The zero-order valence-corrected chi connectivity index (χ0v) is 9.43. The minimum Gasteiger partial charge on any atom is -0.384 e. The average Bonchev–Trinajstić information content (AvgIpc) is 2.19. The summed E-state index contributed by atoms with van der Waals surface area (Å²) in [6, 6.07) is 6.01. The van der Waals surface area contributed by atoms with Crippen LogP contribution in [0.3, 0.4) is 0 Å². The first-order chi connectivity index (χ1) is 6.86. The highest BCUT2D eigenvalue weighted by atomic mass is 32.2. The van der Waals surface area contributed by atoms with Crippen LogP contribution in [-0.2, 0) is 4.74 Å². The number of ether oxygens (including phenoxy) is 1. The predicted octanol–water partition coefficient (Wildman–Crippen LogP) is 2.25. The number of thioether (sulfide) groups is 1. The van der Waals surface area contributed by atoms with Crippen molar-refractivity contribution in [2.75, 3.05) is 31.3 Å². The molecule has 78 valence electrons. The molecule has 0 aliphatic heterocycles. The average molecular weight is 212 g/mol. The first-order valence-corrected chi connectivity index (χ1v) is 5.68. The lowest BCUT2D eigenvalue weighted by molar-refractivity contribution is 0.218. The normalized spacial score (nSPS) is 10.1. The van der Waals surface area contributed by atoms with Gasteiger partial charge in [-0.05, 0) is 19.1 Å². The van der Waals surface area contributed by atoms with Gasteiger partial charge in [0.05, 0.1) is 11.6 Å². The van der Waals surface area contributed by atoms with Crippen molar-refractivity contribution in [2.24, 2.45) is 0 Å². The van der Waals surface area contributed by atoms with Crippen molar-refractivity contribution in [1.82, 2.24) is 4.98 Å². The molecule has 0 aliphatic carbocycles. The Morgan fingerprint density at radius 1 is 1.50 bits per heavy atom. The van der Waals surface area contributed by atoms with Gasteiger partial charge in [0, 0.05) is 19.4 Å². The number of aromatic nitrogens is 1. The summed E-state index contributed by atoms with van der Waals surface area (Å²) in [5.74, 6) is 1.88. The molecule has 14 heavy (non-hydrogen) atoms. The molecule has 0 aromatic carbocycles. The molecule has 3 nitrogen and oxygen atoms in total. The van der Waals surface area contributed by atoms with E-state index in [0.717, 1.165) is 29.7 Å². The molecule has 0 unspecified atom stereocenters. The van der Waals surface area contributed by atoms with Crippen molar-refractivity contribution in [3.63, 3.8) is 0 Å². The summed E-state index contributed by atoms with van der Waals surface area (Å²) in [5, 5.41) is 4.22. The van der Waals surface area contributed by atoms with Crippen molar-refractivity contribution in [3.8, 4) is 0 Å². The maximum Gasteiger partial charge on any atom is 0.127 e. The van der Waals surface area contributed by atoms with Gasteiger partial charge in [0.2, 0.25) is 0 Å². The second-order valence-electron chi connectivity index (χ2n) is 2.73. The molecule has 0 amide bonds. The zero-order chi connectivity index (χ0) is 10.2. The summed E-state index contributed by atoms with van der Waals surface area (Å²) < 4.78 is 4.98. The van der Waals surface area contributed by atoms with Crippen molar-refractivity contribution >= 4 is 17.6 Å². The fourth-order valence-corrected chi connectivity index (χ4v) is 1.80. The highest BCUT2D eigenvalue weighted by Crippen LogP contribution is 2.16. The van der Waals surface area contributed by atoms with Crippen LogP contribution in [-0.4, -0.2) is 31.0 Å². The monoisotopic (exact) mass is 212 g/mol. The molecule has 0 radical (unpaired) electrons. The number of nitrogens with zero attached hydrogens (tertiary/aromatic N) is 1. The quantitative estimate of drug-likeness (QED) is 0.579. The predicted molar refractivity (Wildman–Crippen MR) is 61.0 cm³/mol. The molecule has 1 rings (SSSR count). The van der Waals surface area contributed by atoms with Crippen molar-refractivity contribution in [1.29, 1.82) is 0 Å². The van der Waals surface area contributed by atoms with Crippen LogP contribution in [0.4, 0.5) is 5.82 Å². The van der Waals surface area contributed by atoms with Crippen LogP contribution >= 0.6 is 11.8 Å². The Morgan fingerprint density at radius 2 is 2.36 bits per heavy atom. The SMILES string of the molecule is CCNc1cccc(SCCOC)n1. The van der Waals surface area contributed by atoms with E-state index in [1.54, 1.807) is 18.9 Å². The molecule has 0 saturated heterocycles. The molecular formula is C10H16N2OS. The van der Waals surface area contributed by atoms with E-state index in [0.29, 0.717) is 0 Å². The van der Waals surface area contributed by atoms with Gasteiger partial charge in [0.15, 0.2) is 0 Å². The van der Waals surface area contributed by atoms with Crippen molar-refractivity contribution in [3.05, 3.63) is 18.2 Å². The lowest BCUT2D eigenvalue weighted by Crippen LogP contribution is -1.99. The first kappa shape index (κ1) is 11.3. The number of nitrogens with one attached hydrogen (secondary N) is 1. The Balaban J connectivity index is 2.46. The van der Waals surface area contributed by atoms with Crippen LogP contribution in [0.15, 0.2) is 23.2 Å². The Bertz CT molecular complexity index is 268. The molecule has 1 heterocycles. The molecule has 0 atom stereocenters. The Hall–Kier alpha value is -0.740. The van der Waals surface area contributed by atoms with Gasteiger partial charge < -0.3 is 10.1 Å². The maximum absolute atomic E-state index is 4.98. The van der Waals surface area contributed by atoms with Crippen LogP contribution < -0.4 is 5.32 Å². The number of rotatable bonds is 6. The molecule has 4 heteroatoms. The van der Waals surface area contributed by atoms with Gasteiger partial charge in [-0.15, -0.1) is 11.8 Å². The lowest BCUT2D eigenvalue weighted by atomic mass is 10.4. The summed E-state index contributed by atoms with van der Waals surface area (Å²) in [7, 11) is 1.71. The van der Waals surface area contributed by atoms with Crippen molar-refractivity contribution in [2.45, 2.75) is 11.9 Å². The van der Waals surface area contributed by atoms with E-state index in [1.807, 2.05) is 18.2 Å². The van der Waals surface area contributed by atoms with E-state index in [1.165, 1.54) is 0 Å². The van der Waals surface area contributed by atoms with Gasteiger partial charge in [-0.3, -0.25) is 0 Å². The lowest BCUT2D eigenvalue weighted by Gasteiger charge is -2.04. The minimum atomic E-state index is 0.762. The number of pyridine rings is 1. The summed E-state index contributed by atoms with van der Waals surface area (Å²) in [5.41, 5.74) is 0. The Labute approximate surface area is 89.3 Å². The molecule has 1 N–H and O–H groups in total. The van der Waals surface area contributed by atoms with E-state index in [2.05, 4.69) is 17.2 Å². The molecular weight excluding hydrogens is 196 g/mol. The van der Waals surface area contributed by atoms with Gasteiger partial charge in [0.1, 0.15) is 5.82 Å². The molecule has 0 saturated carbocycles. The van der Waals surface area contributed by atoms with E-state index in [-0.39, 0.29) is 0 Å². The third-order valence-corrected chi connectivity index (χ3v) is 2.51. The highest BCUT2D eigenvalue weighted by Gasteiger charge is 1.96. The van der Waals surface area contributed by atoms with Gasteiger partial charge in [0.25, 0.3) is 0 Å². The van der Waals surface area contributed by atoms with Gasteiger partial charge in [-0.2, -0.15) is 0 Å². The van der Waals surface area contributed by atoms with E-state index in [9.17, 15) is 0 Å². The molecule has 0 fully saturated rings. The number of hydrogen-bond acceptors (Lipinski definition) is 4. The fraction of sp³-hybridized carbons (Fsp3) is 0.500. The molecule has 0 bridgehead atoms. The van der Waals surface area contributed by atoms with E-state index >= 15 is 0 Å². The summed E-state index contributed by atoms with van der Waals surface area (Å²) >= 11 is 1.71. The molecule has 1 aromatic heterocycles. The molecule has 0 spiro atoms. The van der Waals surface area contributed by atoms with Crippen LogP contribution in [0, 0.1) is 0 Å². The van der Waals surface area contributed by atoms with E-state index < -0.39 is 0 Å². The Kier molecular flexibility index (Phi) is 5.40. The largest absolute Gasteiger partial charge is 0.384 e. The number of methoxy groups -OCH3 is 1. The second kappa shape index (κ2) is 6.68. The fourth-order valence-electron chi connectivity index (χ4n) is 1.00. The van der Waals surface area contributed by atoms with Crippen molar-refractivity contribution < 1.29 is 4.74 Å². The van der Waals surface area contributed by atoms with Crippen LogP contribution in [0.25, 0.3) is 0 Å². The minimum absolute atomic E-state index is 0.762. The maximum atomic E-state index is 4.98. The zero-order valence-electron chi connectivity index (χ0n) is 8.62. The second-order valence-corrected chi connectivity index (χ2v) is 3.85. The Morgan fingerprint density at radius 3 is 3.07 bits per heavy atom. The summed E-state index contributed by atoms with van der Waals surface area (Å²) in [6.07, 6.45) is 0. The van der Waals surface area contributed by atoms with Gasteiger partial charge in [-0.25, -0.2) is 4.98 Å². The molecule has 0 aliphatic rings. The number of anilines is 1. The third kappa shape index (κ3) is 3.98. The van der Waals surface area contributed by atoms with Gasteiger partial charge in [-0.1, -0.05) is 6.07 Å². The first-order valence-electron chi connectivity index (χ1n) is 4.69. The van der Waals surface area contributed by atoms with E-state index in [4.69, 9.17) is 4.74 Å². The molecule has 1 aromatic rings. The topological polar surface area (TPSA) is 34.1 Å².